The van der Waals surface area contributed by atoms with Gasteiger partial charge in [0.05, 0.1) is 19.8 Å². The van der Waals surface area contributed by atoms with Crippen LogP contribution in [0.3, 0.4) is 0 Å². The Morgan fingerprint density at radius 1 is 0.656 bits per heavy atom. The summed E-state index contributed by atoms with van der Waals surface area (Å²) in [5.41, 5.74) is 4.93. The molecule has 0 radical (unpaired) electrons. The molecule has 0 atom stereocenters. The van der Waals surface area contributed by atoms with Crippen molar-refractivity contribution in [3.63, 3.8) is 0 Å². The van der Waals surface area contributed by atoms with Gasteiger partial charge in [-0.1, -0.05) is 82.2 Å². The molecule has 0 saturated heterocycles. The molecule has 0 amide bonds. The van der Waals surface area contributed by atoms with Crippen LogP contribution in [0.2, 0.25) is 0 Å². The van der Waals surface area contributed by atoms with E-state index < -0.39 is 23.6 Å². The lowest BCUT2D eigenvalue weighted by atomic mass is 9.77. The number of halogens is 3. The number of aryl methyl sites for hydroxylation is 2. The van der Waals surface area contributed by atoms with E-state index in [-0.39, 0.29) is 67.0 Å². The van der Waals surface area contributed by atoms with Gasteiger partial charge < -0.3 is 24.4 Å². The number of carbonyl (C=O) groups is 2. The van der Waals surface area contributed by atoms with E-state index in [2.05, 4.69) is 20.1 Å². The van der Waals surface area contributed by atoms with Crippen LogP contribution in [0, 0.1) is 29.3 Å². The number of carbonyl (C=O) groups excluding carboxylic acids is 2. The Labute approximate surface area is 377 Å². The van der Waals surface area contributed by atoms with Gasteiger partial charge in [0.2, 0.25) is 0 Å². The highest BCUT2D eigenvalue weighted by molar-refractivity contribution is 5.87. The third kappa shape index (κ3) is 13.9. The fraction of sp³-hybridized carbons (Fsp3) is 0.444. The Morgan fingerprint density at radius 2 is 1.16 bits per heavy atom. The van der Waals surface area contributed by atoms with E-state index in [1.807, 2.05) is 18.2 Å². The molecule has 1 aliphatic rings. The second kappa shape index (κ2) is 24.8. The van der Waals surface area contributed by atoms with E-state index in [4.69, 9.17) is 14.2 Å². The van der Waals surface area contributed by atoms with Crippen molar-refractivity contribution >= 4 is 11.9 Å². The number of rotatable bonds is 24. The molecule has 0 aromatic heterocycles. The summed E-state index contributed by atoms with van der Waals surface area (Å²) in [6.45, 7) is 12.6. The molecule has 5 rings (SSSR count). The average Bonchev–Trinajstić information content (AvgIpc) is 3.28. The summed E-state index contributed by atoms with van der Waals surface area (Å²) in [4.78, 5) is 24.2. The molecule has 10 heteroatoms. The van der Waals surface area contributed by atoms with Crippen molar-refractivity contribution in [1.29, 1.82) is 0 Å². The van der Waals surface area contributed by atoms with E-state index in [9.17, 15) is 19.8 Å². The third-order valence-corrected chi connectivity index (χ3v) is 12.3. The average molecular weight is 883 g/mol. The molecule has 4 aromatic carbocycles. The molecule has 2 N–H and O–H groups in total. The van der Waals surface area contributed by atoms with Gasteiger partial charge in [-0.15, -0.1) is 0 Å². The largest absolute Gasteiger partial charge is 0.493 e. The second-order valence-electron chi connectivity index (χ2n) is 17.4. The molecule has 1 fully saturated rings. The zero-order valence-corrected chi connectivity index (χ0v) is 37.8. The van der Waals surface area contributed by atoms with Crippen molar-refractivity contribution < 1.29 is 47.2 Å². The van der Waals surface area contributed by atoms with Gasteiger partial charge in [0, 0.05) is 47.0 Å². The highest BCUT2D eigenvalue weighted by Crippen LogP contribution is 2.40. The SMILES string of the molecule is C=C(C)C(=O)OCCCc1cc(-c2ccc(-c3ccc(-c4ccc(C5CCC(CCCCC)CC5)cc4F)cc3F)cc2F)cc(CCCOC(=O)C(=C)C)c1OCCC(CO)CO. The molecule has 0 unspecified atom stereocenters. The first kappa shape index (κ1) is 49.8. The quantitative estimate of drug-likeness (QED) is 0.0410. The maximum Gasteiger partial charge on any atom is 0.333 e. The predicted octanol–water partition coefficient (Wildman–Crippen LogP) is 12.4. The Balaban J connectivity index is 1.39. The minimum atomic E-state index is -0.607. The lowest BCUT2D eigenvalue weighted by Crippen LogP contribution is -2.16. The van der Waals surface area contributed by atoms with Crippen LogP contribution in [0.5, 0.6) is 5.75 Å². The molecule has 7 nitrogen and oxygen atoms in total. The first-order chi connectivity index (χ1) is 30.8. The number of hydrogen-bond donors (Lipinski definition) is 2. The number of unbranched alkanes of at least 4 members (excludes halogenated alkanes) is 2. The van der Waals surface area contributed by atoms with Crippen molar-refractivity contribution in [2.75, 3.05) is 33.0 Å². The summed E-state index contributed by atoms with van der Waals surface area (Å²) in [5, 5.41) is 19.3. The van der Waals surface area contributed by atoms with Gasteiger partial charge in [-0.2, -0.15) is 0 Å². The summed E-state index contributed by atoms with van der Waals surface area (Å²) >= 11 is 0. The lowest BCUT2D eigenvalue weighted by molar-refractivity contribution is -0.139. The lowest BCUT2D eigenvalue weighted by Gasteiger charge is -2.29. The molecule has 4 aromatic rings. The Kier molecular flexibility index (Phi) is 19.3. The number of aliphatic hydroxyl groups is 2. The smallest absolute Gasteiger partial charge is 0.333 e. The molecule has 344 valence electrons. The van der Waals surface area contributed by atoms with Crippen molar-refractivity contribution in [1.82, 2.24) is 0 Å². The molecule has 0 aliphatic heterocycles. The Bertz CT molecular complexity index is 2170. The zero-order valence-electron chi connectivity index (χ0n) is 37.8. The van der Waals surface area contributed by atoms with Gasteiger partial charge in [-0.25, -0.2) is 22.8 Å². The molecule has 1 aliphatic carbocycles. The monoisotopic (exact) mass is 882 g/mol. The summed E-state index contributed by atoms with van der Waals surface area (Å²) in [6, 6.07) is 18.0. The van der Waals surface area contributed by atoms with Crippen LogP contribution in [-0.2, 0) is 31.9 Å². The van der Waals surface area contributed by atoms with Gasteiger partial charge in [-0.05, 0) is 147 Å². The molecule has 0 spiro atoms. The fourth-order valence-electron chi connectivity index (χ4n) is 8.46. The van der Waals surface area contributed by atoms with Crippen LogP contribution in [0.15, 0.2) is 91.0 Å². The summed E-state index contributed by atoms with van der Waals surface area (Å²) < 4.78 is 64.9. The topological polar surface area (TPSA) is 102 Å². The van der Waals surface area contributed by atoms with E-state index in [1.54, 1.807) is 50.2 Å². The minimum Gasteiger partial charge on any atom is -0.493 e. The number of aliphatic hydroxyl groups excluding tert-OH is 2. The number of esters is 2. The van der Waals surface area contributed by atoms with Gasteiger partial charge in [-0.3, -0.25) is 0 Å². The standard InChI is InChI=1S/C54H65F3O7/c1-6-7-8-11-37-14-16-39(17-15-37)40-18-21-46(49(55)30-40)41-19-22-47(50(56)31-41)42-20-23-48(51(57)32-42)45-28-43(12-9-25-63-53(60)35(2)3)52(62-27-24-38(33-58)34-59)44(29-45)13-10-26-64-54(61)36(4)5/h18-23,28-32,37-39,58-59H,2,4,6-17,24-27,33-34H2,1,3,5H3. The Morgan fingerprint density at radius 3 is 1.62 bits per heavy atom. The van der Waals surface area contributed by atoms with Gasteiger partial charge in [0.25, 0.3) is 0 Å². The summed E-state index contributed by atoms with van der Waals surface area (Å²) in [5.74, 6) is -1.38. The second-order valence-corrected chi connectivity index (χ2v) is 17.4. The van der Waals surface area contributed by atoms with Crippen LogP contribution in [0.25, 0.3) is 33.4 Å². The van der Waals surface area contributed by atoms with Crippen LogP contribution < -0.4 is 4.74 Å². The molecule has 0 bridgehead atoms. The van der Waals surface area contributed by atoms with E-state index in [0.717, 1.165) is 24.3 Å². The molecule has 0 heterocycles. The maximum absolute atomic E-state index is 16.3. The summed E-state index contributed by atoms with van der Waals surface area (Å²) in [7, 11) is 0. The van der Waals surface area contributed by atoms with Gasteiger partial charge in [0.1, 0.15) is 23.2 Å². The Hall–Kier alpha value is -5.19. The third-order valence-electron chi connectivity index (χ3n) is 12.3. The van der Waals surface area contributed by atoms with Crippen LogP contribution in [0.4, 0.5) is 13.2 Å². The molecule has 64 heavy (non-hydrogen) atoms. The van der Waals surface area contributed by atoms with Crippen molar-refractivity contribution in [2.24, 2.45) is 11.8 Å². The van der Waals surface area contributed by atoms with Crippen molar-refractivity contribution in [3.05, 3.63) is 125 Å². The molecular weight excluding hydrogens is 818 g/mol. The first-order valence-electron chi connectivity index (χ1n) is 22.9. The van der Waals surface area contributed by atoms with E-state index >= 15 is 13.2 Å². The number of benzene rings is 4. The molecular formula is C54H65F3O7. The highest BCUT2D eigenvalue weighted by atomic mass is 19.1. The first-order valence-corrected chi connectivity index (χ1v) is 22.9. The number of ether oxygens (including phenoxy) is 3. The zero-order chi connectivity index (χ0) is 46.2. The van der Waals surface area contributed by atoms with Crippen molar-refractivity contribution in [2.45, 2.75) is 110 Å². The number of hydrogen-bond acceptors (Lipinski definition) is 7. The van der Waals surface area contributed by atoms with Crippen LogP contribution in [-0.4, -0.2) is 55.2 Å². The van der Waals surface area contributed by atoms with E-state index in [0.29, 0.717) is 77.2 Å². The van der Waals surface area contributed by atoms with Gasteiger partial charge >= 0.3 is 11.9 Å². The summed E-state index contributed by atoms with van der Waals surface area (Å²) in [6.07, 6.45) is 11.5. The van der Waals surface area contributed by atoms with Crippen LogP contribution >= 0.6 is 0 Å². The van der Waals surface area contributed by atoms with Gasteiger partial charge in [0.15, 0.2) is 0 Å². The predicted molar refractivity (Wildman–Crippen MR) is 247 cm³/mol. The van der Waals surface area contributed by atoms with E-state index in [1.165, 1.54) is 50.7 Å². The fourth-order valence-corrected chi connectivity index (χ4v) is 8.46. The van der Waals surface area contributed by atoms with Crippen LogP contribution in [0.1, 0.15) is 114 Å². The highest BCUT2D eigenvalue weighted by Gasteiger charge is 2.24. The van der Waals surface area contributed by atoms with Crippen molar-refractivity contribution in [3.8, 4) is 39.1 Å². The minimum absolute atomic E-state index is 0.101. The molecule has 1 saturated carbocycles. The normalized spacial score (nSPS) is 15.0. The maximum atomic E-state index is 16.3.